The first-order valence-corrected chi connectivity index (χ1v) is 8.18. The van der Waals surface area contributed by atoms with Gasteiger partial charge in [0.15, 0.2) is 10.2 Å². The summed E-state index contributed by atoms with van der Waals surface area (Å²) in [6.45, 7) is 3.91. The van der Waals surface area contributed by atoms with E-state index in [0.29, 0.717) is 16.4 Å². The number of benzene rings is 1. The van der Waals surface area contributed by atoms with Crippen LogP contribution >= 0.6 is 23.6 Å². The molecular formula is C15H18N4OS2. The van der Waals surface area contributed by atoms with Crippen LogP contribution in [0.1, 0.15) is 35.0 Å². The molecule has 0 saturated heterocycles. The van der Waals surface area contributed by atoms with Crippen molar-refractivity contribution in [3.8, 4) is 0 Å². The number of rotatable bonds is 6. The first-order chi connectivity index (χ1) is 10.5. The third-order valence-corrected chi connectivity index (χ3v) is 4.04. The minimum absolute atomic E-state index is 0.0715. The Labute approximate surface area is 138 Å². The van der Waals surface area contributed by atoms with Gasteiger partial charge in [0.2, 0.25) is 5.78 Å². The van der Waals surface area contributed by atoms with Crippen molar-refractivity contribution < 1.29 is 4.79 Å². The van der Waals surface area contributed by atoms with E-state index in [-0.39, 0.29) is 17.1 Å². The highest BCUT2D eigenvalue weighted by molar-refractivity contribution is 7.80. The highest BCUT2D eigenvalue weighted by Gasteiger charge is 2.16. The summed E-state index contributed by atoms with van der Waals surface area (Å²) in [6.07, 6.45) is 0.669. The Bertz CT molecular complexity index is 684. The third-order valence-electron chi connectivity index (χ3n) is 3.15. The number of nitrogens with one attached hydrogen (secondary N) is 2. The van der Waals surface area contributed by atoms with Gasteiger partial charge in [0.25, 0.3) is 0 Å². The molecule has 1 atom stereocenters. The number of aryl methyl sites for hydroxylation is 1. The average Bonchev–Trinajstić information content (AvgIpc) is 2.94. The maximum atomic E-state index is 12.5. The zero-order chi connectivity index (χ0) is 16.1. The molecule has 0 spiro atoms. The minimum atomic E-state index is -0.106. The van der Waals surface area contributed by atoms with Gasteiger partial charge < -0.3 is 16.4 Å². The van der Waals surface area contributed by atoms with Gasteiger partial charge >= 0.3 is 0 Å². The summed E-state index contributed by atoms with van der Waals surface area (Å²) >= 11 is 6.22. The van der Waals surface area contributed by atoms with E-state index in [1.807, 2.05) is 38.1 Å². The number of anilines is 1. The molecular weight excluding hydrogens is 316 g/mol. The summed E-state index contributed by atoms with van der Waals surface area (Å²) in [4.78, 5) is 16.8. The maximum absolute atomic E-state index is 12.5. The second-order valence-corrected chi connectivity index (χ2v) is 6.09. The second kappa shape index (κ2) is 7.33. The standard InChI is InChI=1S/C15H18N4OS2/c1-3-12(18-14(16)21)19-15-17-11(8-22-15)13(20)10-7-5-4-6-9(10)2/h4-8,12H,3H2,1-2H3,(H,17,19)(H3,16,18,21). The fourth-order valence-electron chi connectivity index (χ4n) is 1.97. The summed E-state index contributed by atoms with van der Waals surface area (Å²) in [5.41, 5.74) is 7.53. The number of thiazole rings is 1. The van der Waals surface area contributed by atoms with Crippen molar-refractivity contribution in [1.29, 1.82) is 0 Å². The predicted molar refractivity (Wildman–Crippen MR) is 94.3 cm³/mol. The minimum Gasteiger partial charge on any atom is -0.376 e. The normalized spacial score (nSPS) is 11.7. The van der Waals surface area contributed by atoms with E-state index < -0.39 is 0 Å². The van der Waals surface area contributed by atoms with Gasteiger partial charge in [0, 0.05) is 10.9 Å². The number of ketones is 1. The molecule has 0 bridgehead atoms. The van der Waals surface area contributed by atoms with Gasteiger partial charge in [-0.1, -0.05) is 31.2 Å². The van der Waals surface area contributed by atoms with Crippen LogP contribution in [-0.4, -0.2) is 22.0 Å². The Hall–Kier alpha value is -1.99. The number of carbonyl (C=O) groups is 1. The van der Waals surface area contributed by atoms with Gasteiger partial charge in [0.1, 0.15) is 5.69 Å². The molecule has 0 aliphatic heterocycles. The molecule has 5 nitrogen and oxygen atoms in total. The Morgan fingerprint density at radius 2 is 2.18 bits per heavy atom. The molecule has 1 unspecified atom stereocenters. The number of hydrogen-bond donors (Lipinski definition) is 3. The predicted octanol–water partition coefficient (Wildman–Crippen LogP) is 2.66. The highest BCUT2D eigenvalue weighted by Crippen LogP contribution is 2.20. The van der Waals surface area contributed by atoms with Crippen LogP contribution in [-0.2, 0) is 0 Å². The molecule has 1 heterocycles. The van der Waals surface area contributed by atoms with Gasteiger partial charge in [-0.05, 0) is 31.1 Å². The van der Waals surface area contributed by atoms with E-state index in [4.69, 9.17) is 18.0 Å². The second-order valence-electron chi connectivity index (χ2n) is 4.80. The summed E-state index contributed by atoms with van der Waals surface area (Å²) < 4.78 is 0. The van der Waals surface area contributed by atoms with Crippen molar-refractivity contribution in [1.82, 2.24) is 10.3 Å². The Morgan fingerprint density at radius 1 is 1.45 bits per heavy atom. The lowest BCUT2D eigenvalue weighted by Gasteiger charge is -2.17. The fraction of sp³-hybridized carbons (Fsp3) is 0.267. The summed E-state index contributed by atoms with van der Waals surface area (Å²) in [5, 5.41) is 8.76. The summed E-state index contributed by atoms with van der Waals surface area (Å²) in [6, 6.07) is 7.49. The van der Waals surface area contributed by atoms with E-state index >= 15 is 0 Å². The van der Waals surface area contributed by atoms with Crippen LogP contribution in [0.25, 0.3) is 0 Å². The van der Waals surface area contributed by atoms with Crippen molar-refractivity contribution in [3.63, 3.8) is 0 Å². The SMILES string of the molecule is CCC(NC(N)=S)Nc1nc(C(=O)c2ccccc2C)cs1. The zero-order valence-corrected chi connectivity index (χ0v) is 14.1. The molecule has 0 aliphatic rings. The Kier molecular flexibility index (Phi) is 5.46. The number of carbonyl (C=O) groups excluding carboxylic acids is 1. The lowest BCUT2D eigenvalue weighted by Crippen LogP contribution is -2.42. The molecule has 1 aromatic heterocycles. The van der Waals surface area contributed by atoms with Crippen LogP contribution in [0, 0.1) is 6.92 Å². The maximum Gasteiger partial charge on any atom is 0.212 e. The quantitative estimate of drug-likeness (QED) is 0.428. The third kappa shape index (κ3) is 4.02. The van der Waals surface area contributed by atoms with Crippen LogP contribution in [0.2, 0.25) is 0 Å². The Balaban J connectivity index is 2.13. The number of hydrogen-bond acceptors (Lipinski definition) is 5. The van der Waals surface area contributed by atoms with E-state index in [1.165, 1.54) is 11.3 Å². The van der Waals surface area contributed by atoms with E-state index in [1.54, 1.807) is 5.38 Å². The van der Waals surface area contributed by atoms with Crippen molar-refractivity contribution in [2.24, 2.45) is 5.73 Å². The van der Waals surface area contributed by atoms with E-state index in [2.05, 4.69) is 15.6 Å². The molecule has 0 aliphatic carbocycles. The molecule has 1 aromatic carbocycles. The molecule has 22 heavy (non-hydrogen) atoms. The van der Waals surface area contributed by atoms with Gasteiger partial charge in [-0.3, -0.25) is 4.79 Å². The summed E-state index contributed by atoms with van der Waals surface area (Å²) in [7, 11) is 0. The smallest absolute Gasteiger partial charge is 0.212 e. The molecule has 2 rings (SSSR count). The number of aromatic nitrogens is 1. The molecule has 116 valence electrons. The molecule has 0 amide bonds. The van der Waals surface area contributed by atoms with Crippen LogP contribution < -0.4 is 16.4 Å². The van der Waals surface area contributed by atoms with Gasteiger partial charge in [-0.15, -0.1) is 11.3 Å². The number of nitrogens with two attached hydrogens (primary N) is 1. The summed E-state index contributed by atoms with van der Waals surface area (Å²) in [5.74, 6) is -0.0715. The van der Waals surface area contributed by atoms with Gasteiger partial charge in [0.05, 0.1) is 6.17 Å². The Morgan fingerprint density at radius 3 is 2.82 bits per heavy atom. The van der Waals surface area contributed by atoms with E-state index in [0.717, 1.165) is 12.0 Å². The number of nitrogens with zero attached hydrogens (tertiary/aromatic N) is 1. The lowest BCUT2D eigenvalue weighted by molar-refractivity contribution is 0.103. The largest absolute Gasteiger partial charge is 0.376 e. The van der Waals surface area contributed by atoms with Crippen LogP contribution in [0.5, 0.6) is 0 Å². The molecule has 7 heteroatoms. The highest BCUT2D eigenvalue weighted by atomic mass is 32.1. The van der Waals surface area contributed by atoms with Crippen LogP contribution in [0.4, 0.5) is 5.13 Å². The van der Waals surface area contributed by atoms with Crippen LogP contribution in [0.15, 0.2) is 29.6 Å². The van der Waals surface area contributed by atoms with Gasteiger partial charge in [-0.25, -0.2) is 4.98 Å². The number of thiocarbonyl (C=S) groups is 1. The van der Waals surface area contributed by atoms with Crippen LogP contribution in [0.3, 0.4) is 0 Å². The van der Waals surface area contributed by atoms with Crippen molar-refractivity contribution in [2.45, 2.75) is 26.4 Å². The van der Waals surface area contributed by atoms with Crippen molar-refractivity contribution in [3.05, 3.63) is 46.5 Å². The fourth-order valence-corrected chi connectivity index (χ4v) is 2.86. The topological polar surface area (TPSA) is 80.0 Å². The molecule has 4 N–H and O–H groups in total. The van der Waals surface area contributed by atoms with Crippen molar-refractivity contribution in [2.75, 3.05) is 5.32 Å². The monoisotopic (exact) mass is 334 g/mol. The van der Waals surface area contributed by atoms with Gasteiger partial charge in [-0.2, -0.15) is 0 Å². The molecule has 0 saturated carbocycles. The zero-order valence-electron chi connectivity index (χ0n) is 12.4. The molecule has 0 radical (unpaired) electrons. The lowest BCUT2D eigenvalue weighted by atomic mass is 10.0. The van der Waals surface area contributed by atoms with E-state index in [9.17, 15) is 4.79 Å². The average molecular weight is 334 g/mol. The molecule has 2 aromatic rings. The van der Waals surface area contributed by atoms with Crippen molar-refractivity contribution >= 4 is 39.6 Å². The first kappa shape index (κ1) is 16.4. The molecule has 0 fully saturated rings. The first-order valence-electron chi connectivity index (χ1n) is 6.89.